The number of rotatable bonds is 13. The number of carbonyl (C=O) groups excluding carboxylic acids is 1. The third-order valence-electron chi connectivity index (χ3n) is 15.3. The third kappa shape index (κ3) is 19.4. The van der Waals surface area contributed by atoms with Crippen LogP contribution >= 0.6 is 11.6 Å². The maximum absolute atomic E-state index is 10.8. The Bertz CT molecular complexity index is 4450. The Labute approximate surface area is 573 Å². The van der Waals surface area contributed by atoms with Crippen molar-refractivity contribution in [3.05, 3.63) is 206 Å². The van der Waals surface area contributed by atoms with Gasteiger partial charge in [-0.15, -0.1) is 0 Å². The Kier molecular flexibility index (Phi) is 24.6. The zero-order valence-corrected chi connectivity index (χ0v) is 55.4. The Morgan fingerprint density at radius 2 is 0.960 bits per heavy atom. The normalized spacial score (nSPS) is 14.4. The molecule has 30 heteroatoms. The highest BCUT2D eigenvalue weighted by Crippen LogP contribution is 2.30. The van der Waals surface area contributed by atoms with Crippen molar-refractivity contribution in [3.8, 4) is 22.5 Å². The molecular weight excluding hydrogens is 1290 g/mol. The Morgan fingerprint density at radius 3 is 1.37 bits per heavy atom. The van der Waals surface area contributed by atoms with Crippen molar-refractivity contribution < 1.29 is 43.4 Å². The molecule has 5 aliphatic heterocycles. The molecule has 512 valence electrons. The molecule has 2 saturated heterocycles. The van der Waals surface area contributed by atoms with Gasteiger partial charge < -0.3 is 55.4 Å². The fraction of sp³-hybridized carbons (Fsp3) is 0.275. The van der Waals surface area contributed by atoms with Crippen LogP contribution in [0.2, 0.25) is 5.15 Å². The van der Waals surface area contributed by atoms with E-state index in [9.17, 15) is 25.0 Å². The van der Waals surface area contributed by atoms with Gasteiger partial charge in [0.2, 0.25) is 29.6 Å². The molecule has 0 spiro atoms. The van der Waals surface area contributed by atoms with Gasteiger partial charge in [-0.1, -0.05) is 35.9 Å². The number of ketones is 1. The number of nitrogen functional groups attached to an aromatic ring is 1. The first-order valence-corrected chi connectivity index (χ1v) is 32.0. The minimum atomic E-state index is -0.496. The number of ether oxygens (including phenoxy) is 5. The van der Waals surface area contributed by atoms with Gasteiger partial charge in [0, 0.05) is 139 Å². The number of benzene rings is 6. The van der Waals surface area contributed by atoms with Crippen LogP contribution in [0.15, 0.2) is 173 Å². The minimum absolute atomic E-state index is 0.000000000000000222. The molecule has 0 saturated carbocycles. The standard InChI is InChI=1S/C25H25N7O2.C16H16ClN5O.C9H8N2O3.C9H10N2O.C8H7NO3.C2H7NO/c1-31-22-14-18(2-3-19(22)16-27-31)21-15-23(30-25(29-21)32-9-12-33-13-10-32)28-20-6-4-17(5-7-20)24-26-8-11-34-24;1-21-14-8-11(2-3-12(14)10-18-21)13-9-15(17)20-16(19-13)22-4-6-23-7-5-22;12-11(13)8-3-1-7(2-4-8)9-10-5-6-14-9;10-8-3-1-7(2-4-8)9-11-5-6-12-9;1-6(10)7-2-4-8(5-3-7)9(11)12;3-1-2-4/h2-7,14-16H,8-13H2,1H3,(H,28,29,30);2-3,8-10H,4-7H2,1H3;1-4H,5-6H2;1-4H,5-6,10H2;2-5H,1H3;4H,1-3H2. The van der Waals surface area contributed by atoms with E-state index < -0.39 is 9.85 Å². The van der Waals surface area contributed by atoms with Gasteiger partial charge in [-0.25, -0.2) is 29.9 Å². The number of Topliss-reactive ketones (excluding diaryl/α,β-unsaturated/α-hetero) is 1. The average molecular weight is 1370 g/mol. The van der Waals surface area contributed by atoms with Gasteiger partial charge >= 0.3 is 0 Å². The predicted molar refractivity (Wildman–Crippen MR) is 380 cm³/mol. The summed E-state index contributed by atoms with van der Waals surface area (Å²) in [6, 6.07) is 43.5. The van der Waals surface area contributed by atoms with E-state index in [0.29, 0.717) is 100 Å². The van der Waals surface area contributed by atoms with Gasteiger partial charge in [0.25, 0.3) is 11.4 Å². The molecule has 10 aromatic rings. The van der Waals surface area contributed by atoms with E-state index >= 15 is 0 Å². The van der Waals surface area contributed by atoms with Crippen LogP contribution in [0.3, 0.4) is 0 Å². The van der Waals surface area contributed by atoms with Crippen molar-refractivity contribution in [2.24, 2.45) is 34.8 Å². The van der Waals surface area contributed by atoms with Gasteiger partial charge in [-0.2, -0.15) is 15.2 Å². The van der Waals surface area contributed by atoms with Gasteiger partial charge in [0.1, 0.15) is 30.8 Å². The van der Waals surface area contributed by atoms with Crippen molar-refractivity contribution in [1.82, 2.24) is 39.5 Å². The van der Waals surface area contributed by atoms with Gasteiger partial charge in [-0.3, -0.25) is 34.4 Å². The molecule has 6 aromatic carbocycles. The average Bonchev–Trinajstić information content (AvgIpc) is 1.78. The smallest absolute Gasteiger partial charge is 0.269 e. The number of aryl methyl sites for hydroxylation is 2. The lowest BCUT2D eigenvalue weighted by atomic mass is 10.1. The van der Waals surface area contributed by atoms with E-state index in [1.54, 1.807) is 18.2 Å². The van der Waals surface area contributed by atoms with E-state index in [-0.39, 0.29) is 23.8 Å². The molecular formula is C69H73ClN18O11. The zero-order chi connectivity index (χ0) is 69.6. The molecule has 4 aromatic heterocycles. The number of non-ortho nitro benzene ring substituents is 2. The Balaban J connectivity index is 0.000000141. The Morgan fingerprint density at radius 1 is 0.556 bits per heavy atom. The van der Waals surface area contributed by atoms with Crippen molar-refractivity contribution in [3.63, 3.8) is 0 Å². The third-order valence-corrected chi connectivity index (χ3v) is 15.5. The second-order valence-corrected chi connectivity index (χ2v) is 22.6. The van der Waals surface area contributed by atoms with Crippen LogP contribution in [0.5, 0.6) is 0 Å². The van der Waals surface area contributed by atoms with E-state index in [2.05, 4.69) is 69.5 Å². The van der Waals surface area contributed by atoms with E-state index in [1.165, 1.54) is 43.3 Å². The lowest BCUT2D eigenvalue weighted by Gasteiger charge is -2.27. The van der Waals surface area contributed by atoms with Crippen molar-refractivity contribution in [1.29, 1.82) is 0 Å². The molecule has 0 amide bonds. The number of halogens is 1. The zero-order valence-electron chi connectivity index (χ0n) is 54.6. The van der Waals surface area contributed by atoms with Crippen LogP contribution in [0.4, 0.5) is 40.5 Å². The number of anilines is 5. The van der Waals surface area contributed by atoms with Gasteiger partial charge in [-0.05, 0) is 91.9 Å². The number of fused-ring (bicyclic) bond motifs is 2. The SMILES string of the molecule is CC(=O)c1ccc([N+](=O)[O-])cc1.Cn1ncc2ccc(-c3cc(Cl)nc(N4CCOCC4)n3)cc21.Cn1ncc2ccc(-c3cc(Nc4ccc(C5=NCCO5)cc4)nc(N4CCOCC4)n3)cc21.NCCO.Nc1ccc(C2=NCCO2)cc1.O=[N+]([O-])c1ccc(C2=NCCO2)cc1. The van der Waals surface area contributed by atoms with Crippen molar-refractivity contribution >= 4 is 97.3 Å². The molecule has 15 rings (SSSR count). The Hall–Kier alpha value is -11.4. The van der Waals surface area contributed by atoms with Crippen LogP contribution in [-0.2, 0) is 37.8 Å². The number of nitro groups is 2. The summed E-state index contributed by atoms with van der Waals surface area (Å²) in [6.07, 6.45) is 3.72. The molecule has 0 radical (unpaired) electrons. The summed E-state index contributed by atoms with van der Waals surface area (Å²) >= 11 is 6.22. The molecule has 2 fully saturated rings. The number of nitro benzene ring substituents is 2. The number of aromatic nitrogens is 8. The first kappa shape index (κ1) is 70.4. The molecule has 5 aliphatic rings. The van der Waals surface area contributed by atoms with E-state index in [0.717, 1.165) is 117 Å². The number of hydrogen-bond acceptors (Lipinski definition) is 25. The lowest BCUT2D eigenvalue weighted by molar-refractivity contribution is -0.385. The predicted octanol–water partition coefficient (Wildman–Crippen LogP) is 9.06. The number of nitrogens with one attached hydrogen (secondary N) is 1. The number of aliphatic hydroxyl groups excluding tert-OH is 1. The molecule has 0 bridgehead atoms. The molecule has 0 aliphatic carbocycles. The summed E-state index contributed by atoms with van der Waals surface area (Å²) < 4.78 is 30.7. The fourth-order valence-corrected chi connectivity index (χ4v) is 10.3. The number of carbonyl (C=O) groups is 1. The van der Waals surface area contributed by atoms with Gasteiger partial charge in [0.15, 0.2) is 5.78 Å². The van der Waals surface area contributed by atoms with Crippen molar-refractivity contribution in [2.45, 2.75) is 6.92 Å². The number of morpholine rings is 2. The lowest BCUT2D eigenvalue weighted by Crippen LogP contribution is -2.37. The first-order chi connectivity index (χ1) is 48.1. The second-order valence-electron chi connectivity index (χ2n) is 22.2. The first-order valence-electron chi connectivity index (χ1n) is 31.6. The highest BCUT2D eigenvalue weighted by Gasteiger charge is 2.20. The van der Waals surface area contributed by atoms with Crippen LogP contribution < -0.4 is 26.6 Å². The maximum Gasteiger partial charge on any atom is 0.269 e. The highest BCUT2D eigenvalue weighted by atomic mass is 35.5. The summed E-state index contributed by atoms with van der Waals surface area (Å²) in [7, 11) is 3.88. The summed E-state index contributed by atoms with van der Waals surface area (Å²) in [5.74, 6) is 3.99. The largest absolute Gasteiger partial charge is 0.476 e. The number of nitrogens with two attached hydrogens (primary N) is 2. The van der Waals surface area contributed by atoms with E-state index in [4.69, 9.17) is 66.8 Å². The van der Waals surface area contributed by atoms with Crippen LogP contribution in [0, 0.1) is 20.2 Å². The monoisotopic (exact) mass is 1360 g/mol. The molecule has 29 nitrogen and oxygen atoms in total. The number of aliphatic hydroxyl groups is 1. The van der Waals surface area contributed by atoms with Gasteiger partial charge in [0.05, 0.1) is 97.3 Å². The number of hydrogen-bond donors (Lipinski definition) is 4. The number of nitrogens with zero attached hydrogens (tertiary/aromatic N) is 15. The maximum atomic E-state index is 10.8. The summed E-state index contributed by atoms with van der Waals surface area (Å²) in [5, 5.41) is 43.1. The molecule has 9 heterocycles. The van der Waals surface area contributed by atoms with Crippen LogP contribution in [-0.4, -0.2) is 183 Å². The molecule has 0 unspecified atom stereocenters. The molecule has 99 heavy (non-hydrogen) atoms. The minimum Gasteiger partial charge on any atom is -0.476 e. The highest BCUT2D eigenvalue weighted by molar-refractivity contribution is 6.29. The summed E-state index contributed by atoms with van der Waals surface area (Å²) in [5.41, 5.74) is 21.1. The summed E-state index contributed by atoms with van der Waals surface area (Å²) in [4.78, 5) is 66.2. The number of aliphatic imine (C=N–C) groups is 3. The quantitative estimate of drug-likeness (QED) is 0.0275. The molecule has 0 atom stereocenters. The van der Waals surface area contributed by atoms with Crippen LogP contribution in [0.25, 0.3) is 44.3 Å². The molecule has 6 N–H and O–H groups in total. The second kappa shape index (κ2) is 34.5. The topological polar surface area (TPSA) is 365 Å². The fourth-order valence-electron chi connectivity index (χ4n) is 10.2. The summed E-state index contributed by atoms with van der Waals surface area (Å²) in [6.45, 7) is 11.8. The van der Waals surface area contributed by atoms with Crippen LogP contribution in [0.1, 0.15) is 34.0 Å². The van der Waals surface area contributed by atoms with E-state index in [1.807, 2.05) is 103 Å². The van der Waals surface area contributed by atoms with Crippen molar-refractivity contribution in [2.75, 3.05) is 126 Å².